The van der Waals surface area contributed by atoms with Crippen LogP contribution >= 0.6 is 15.9 Å². The van der Waals surface area contributed by atoms with E-state index in [1.54, 1.807) is 37.6 Å². The second kappa shape index (κ2) is 11.6. The fourth-order valence-electron chi connectivity index (χ4n) is 3.49. The van der Waals surface area contributed by atoms with Crippen molar-refractivity contribution in [1.82, 2.24) is 14.5 Å². The zero-order valence-electron chi connectivity index (χ0n) is 18.7. The monoisotopic (exact) mass is 515 g/mol. The molecular formula is C24H27BrFN5O2. The van der Waals surface area contributed by atoms with Crippen molar-refractivity contribution in [2.24, 2.45) is 10.7 Å². The van der Waals surface area contributed by atoms with Gasteiger partial charge in [-0.05, 0) is 55.2 Å². The predicted molar refractivity (Wildman–Crippen MR) is 130 cm³/mol. The normalized spacial score (nSPS) is 11.5. The van der Waals surface area contributed by atoms with Gasteiger partial charge in [0, 0.05) is 48.1 Å². The number of nitrogens with zero attached hydrogens (tertiary/aromatic N) is 4. The van der Waals surface area contributed by atoms with Crippen LogP contribution in [0, 0.1) is 5.82 Å². The molecule has 0 saturated heterocycles. The topological polar surface area (TPSA) is 85.7 Å². The first-order valence-corrected chi connectivity index (χ1v) is 11.3. The van der Waals surface area contributed by atoms with Crippen LogP contribution in [0.25, 0.3) is 0 Å². The molecule has 0 atom stereocenters. The smallest absolute Gasteiger partial charge is 0.280 e. The van der Waals surface area contributed by atoms with Crippen LogP contribution in [0.3, 0.4) is 0 Å². The van der Waals surface area contributed by atoms with Gasteiger partial charge in [-0.3, -0.25) is 4.79 Å². The number of aryl methyl sites for hydroxylation is 2. The summed E-state index contributed by atoms with van der Waals surface area (Å²) in [7, 11) is 3.36. The molecule has 2 N–H and O–H groups in total. The maximum Gasteiger partial charge on any atom is 0.280 e. The fraction of sp³-hybridized carbons (Fsp3) is 0.292. The van der Waals surface area contributed by atoms with E-state index < -0.39 is 11.7 Å². The molecule has 0 aliphatic heterocycles. The number of aliphatic imine (C=N–C) groups is 1. The van der Waals surface area contributed by atoms with Gasteiger partial charge >= 0.3 is 0 Å². The highest BCUT2D eigenvalue weighted by atomic mass is 79.9. The van der Waals surface area contributed by atoms with Crippen LogP contribution in [0.2, 0.25) is 0 Å². The van der Waals surface area contributed by atoms with Crippen molar-refractivity contribution >= 4 is 27.8 Å². The number of hydrogen-bond donors (Lipinski definition) is 1. The highest BCUT2D eigenvalue weighted by Gasteiger charge is 2.17. The molecule has 0 spiro atoms. The van der Waals surface area contributed by atoms with Crippen molar-refractivity contribution in [3.8, 4) is 5.75 Å². The Hall–Kier alpha value is -3.20. The number of ether oxygens (including phenoxy) is 1. The van der Waals surface area contributed by atoms with Gasteiger partial charge in [-0.1, -0.05) is 22.0 Å². The highest BCUT2D eigenvalue weighted by Crippen LogP contribution is 2.26. The van der Waals surface area contributed by atoms with Gasteiger partial charge in [0.25, 0.3) is 5.91 Å². The van der Waals surface area contributed by atoms with Crippen molar-refractivity contribution in [3.63, 3.8) is 0 Å². The Kier molecular flexibility index (Phi) is 8.59. The number of carbonyl (C=O) groups is 1. The number of halogens is 2. The predicted octanol–water partition coefficient (Wildman–Crippen LogP) is 4.06. The van der Waals surface area contributed by atoms with E-state index >= 15 is 0 Å². The van der Waals surface area contributed by atoms with Crippen molar-refractivity contribution in [2.45, 2.75) is 25.8 Å². The van der Waals surface area contributed by atoms with Crippen LogP contribution < -0.4 is 10.5 Å². The summed E-state index contributed by atoms with van der Waals surface area (Å²) >= 11 is 3.45. The summed E-state index contributed by atoms with van der Waals surface area (Å²) < 4.78 is 22.9. The number of imidazole rings is 1. The van der Waals surface area contributed by atoms with E-state index in [9.17, 15) is 9.18 Å². The van der Waals surface area contributed by atoms with Gasteiger partial charge < -0.3 is 19.9 Å². The summed E-state index contributed by atoms with van der Waals surface area (Å²) in [6.45, 7) is 1.39. The van der Waals surface area contributed by atoms with Gasteiger partial charge in [-0.25, -0.2) is 9.37 Å². The molecule has 0 bridgehead atoms. The Morgan fingerprint density at radius 1 is 1.30 bits per heavy atom. The first-order chi connectivity index (χ1) is 15.9. The van der Waals surface area contributed by atoms with Gasteiger partial charge in [0.1, 0.15) is 11.6 Å². The number of carbonyl (C=O) groups excluding carboxylic acids is 1. The van der Waals surface area contributed by atoms with Crippen LogP contribution in [-0.4, -0.2) is 47.0 Å². The van der Waals surface area contributed by atoms with Crippen molar-refractivity contribution in [3.05, 3.63) is 82.1 Å². The van der Waals surface area contributed by atoms with Crippen molar-refractivity contribution in [1.29, 1.82) is 0 Å². The third kappa shape index (κ3) is 6.64. The second-order valence-corrected chi connectivity index (χ2v) is 8.49. The van der Waals surface area contributed by atoms with Crippen molar-refractivity contribution < 1.29 is 13.9 Å². The molecule has 33 heavy (non-hydrogen) atoms. The minimum Gasteiger partial charge on any atom is -0.496 e. The number of nitrogens with two attached hydrogens (primary N) is 1. The maximum absolute atomic E-state index is 14.7. The summed E-state index contributed by atoms with van der Waals surface area (Å²) in [6.07, 6.45) is 6.97. The second-order valence-electron chi connectivity index (χ2n) is 7.57. The summed E-state index contributed by atoms with van der Waals surface area (Å²) in [4.78, 5) is 22.6. The highest BCUT2D eigenvalue weighted by molar-refractivity contribution is 9.10. The Labute approximate surface area is 201 Å². The lowest BCUT2D eigenvalue weighted by molar-refractivity contribution is 0.0999. The average molecular weight is 516 g/mol. The maximum atomic E-state index is 14.7. The Bertz CT molecular complexity index is 1120. The standard InChI is InChI=1S/C24H27BrFN5O2/c1-30(12-4-13-31-14-11-28-16-31)24(27)29-23(32)20-5-3-6-21(26)19(20)9-7-17-15-18(25)8-10-22(17)33-2/h3,5-6,8,10-11,14-16H,4,7,9,12-13H2,1-2H3,(H2,27,29,32). The molecule has 0 aliphatic rings. The van der Waals surface area contributed by atoms with E-state index in [1.165, 1.54) is 12.1 Å². The number of aromatic nitrogens is 2. The van der Waals surface area contributed by atoms with Gasteiger partial charge in [0.15, 0.2) is 5.96 Å². The van der Waals surface area contributed by atoms with E-state index in [2.05, 4.69) is 25.9 Å². The van der Waals surface area contributed by atoms with Gasteiger partial charge in [-0.2, -0.15) is 4.99 Å². The van der Waals surface area contributed by atoms with Crippen molar-refractivity contribution in [2.75, 3.05) is 20.7 Å². The average Bonchev–Trinajstić information content (AvgIpc) is 3.31. The molecule has 1 aromatic heterocycles. The van der Waals surface area contributed by atoms with Crippen LogP contribution in [0.15, 0.2) is 64.6 Å². The Morgan fingerprint density at radius 3 is 2.85 bits per heavy atom. The molecule has 7 nitrogen and oxygen atoms in total. The number of rotatable bonds is 9. The van der Waals surface area contributed by atoms with E-state index in [0.29, 0.717) is 30.7 Å². The third-order valence-electron chi connectivity index (χ3n) is 5.31. The van der Waals surface area contributed by atoms with Crippen LogP contribution in [0.1, 0.15) is 27.9 Å². The Balaban J connectivity index is 1.70. The lowest BCUT2D eigenvalue weighted by Gasteiger charge is -2.18. The van der Waals surface area contributed by atoms with E-state index in [-0.39, 0.29) is 11.5 Å². The van der Waals surface area contributed by atoms with E-state index in [0.717, 1.165) is 23.0 Å². The zero-order valence-corrected chi connectivity index (χ0v) is 20.3. The minimum atomic E-state index is -0.565. The number of amides is 1. The largest absolute Gasteiger partial charge is 0.496 e. The quantitative estimate of drug-likeness (QED) is 0.343. The number of benzene rings is 2. The molecule has 174 valence electrons. The first-order valence-electron chi connectivity index (χ1n) is 10.5. The SMILES string of the molecule is COc1ccc(Br)cc1CCc1c(F)cccc1C(=O)N=C(N)N(C)CCCn1ccnc1. The molecule has 0 aliphatic carbocycles. The zero-order chi connectivity index (χ0) is 23.8. The van der Waals surface area contributed by atoms with E-state index in [4.69, 9.17) is 10.5 Å². The summed E-state index contributed by atoms with van der Waals surface area (Å²) in [6, 6.07) is 10.1. The summed E-state index contributed by atoms with van der Waals surface area (Å²) in [5, 5.41) is 0. The molecule has 3 aromatic rings. The van der Waals surface area contributed by atoms with Gasteiger partial charge in [-0.15, -0.1) is 0 Å². The molecule has 9 heteroatoms. The lowest BCUT2D eigenvalue weighted by Crippen LogP contribution is -2.35. The molecule has 1 amide bonds. The van der Waals surface area contributed by atoms with E-state index in [1.807, 2.05) is 29.0 Å². The molecule has 1 heterocycles. The molecule has 0 fully saturated rings. The fourth-order valence-corrected chi connectivity index (χ4v) is 3.90. The molecule has 0 radical (unpaired) electrons. The first kappa shape index (κ1) is 24.4. The third-order valence-corrected chi connectivity index (χ3v) is 5.81. The summed E-state index contributed by atoms with van der Waals surface area (Å²) in [5.41, 5.74) is 7.47. The molecule has 0 unspecified atom stereocenters. The van der Waals surface area contributed by atoms with Crippen LogP contribution in [0.5, 0.6) is 5.75 Å². The number of hydrogen-bond acceptors (Lipinski definition) is 3. The van der Waals surface area contributed by atoms with Gasteiger partial charge in [0.2, 0.25) is 0 Å². The Morgan fingerprint density at radius 2 is 2.12 bits per heavy atom. The van der Waals surface area contributed by atoms with Crippen LogP contribution in [-0.2, 0) is 19.4 Å². The molecule has 2 aromatic carbocycles. The molecular weight excluding hydrogens is 489 g/mol. The lowest BCUT2D eigenvalue weighted by atomic mass is 9.98. The van der Waals surface area contributed by atoms with Gasteiger partial charge in [0.05, 0.1) is 13.4 Å². The molecule has 0 saturated carbocycles. The summed E-state index contributed by atoms with van der Waals surface area (Å²) in [5.74, 6) is -0.210. The molecule has 3 rings (SSSR count). The number of methoxy groups -OCH3 is 1. The number of guanidine groups is 1. The minimum absolute atomic E-state index is 0.0921. The van der Waals surface area contributed by atoms with Crippen LogP contribution in [0.4, 0.5) is 4.39 Å².